The van der Waals surface area contributed by atoms with Gasteiger partial charge in [0.25, 0.3) is 0 Å². The van der Waals surface area contributed by atoms with E-state index in [4.69, 9.17) is 0 Å². The first-order chi connectivity index (χ1) is 10.9. The molecule has 23 heavy (non-hydrogen) atoms. The van der Waals surface area contributed by atoms with Gasteiger partial charge < -0.3 is 5.32 Å². The number of pyridine rings is 1. The van der Waals surface area contributed by atoms with Gasteiger partial charge in [-0.05, 0) is 37.1 Å². The molecule has 0 saturated carbocycles. The minimum atomic E-state index is -3.17. The van der Waals surface area contributed by atoms with Gasteiger partial charge in [-0.3, -0.25) is 9.78 Å². The summed E-state index contributed by atoms with van der Waals surface area (Å²) in [6.07, 6.45) is 4.01. The summed E-state index contributed by atoms with van der Waals surface area (Å²) in [7, 11) is -3.17. The average molecular weight is 333 g/mol. The molecule has 1 aliphatic heterocycles. The highest BCUT2D eigenvalue weighted by Crippen LogP contribution is 2.24. The molecule has 1 aliphatic rings. The largest absolute Gasteiger partial charge is 0.325 e. The summed E-state index contributed by atoms with van der Waals surface area (Å²) in [4.78, 5) is 16.7. The third kappa shape index (κ3) is 3.51. The normalized spacial score (nSPS) is 17.3. The molecule has 1 aromatic carbocycles. The van der Waals surface area contributed by atoms with Crippen molar-refractivity contribution in [3.05, 3.63) is 36.5 Å². The molecule has 0 unspecified atom stereocenters. The van der Waals surface area contributed by atoms with E-state index in [9.17, 15) is 13.2 Å². The molecule has 1 aromatic heterocycles. The number of hydrogen-bond acceptors (Lipinski definition) is 4. The molecule has 0 bridgehead atoms. The van der Waals surface area contributed by atoms with E-state index in [0.29, 0.717) is 25.9 Å². The van der Waals surface area contributed by atoms with Gasteiger partial charge in [0, 0.05) is 30.6 Å². The molecule has 7 heteroatoms. The van der Waals surface area contributed by atoms with Crippen molar-refractivity contribution in [1.82, 2.24) is 9.29 Å². The number of anilines is 1. The number of amides is 1. The minimum Gasteiger partial charge on any atom is -0.325 e. The third-order valence-electron chi connectivity index (χ3n) is 4.20. The van der Waals surface area contributed by atoms with E-state index in [1.807, 2.05) is 30.3 Å². The van der Waals surface area contributed by atoms with Crippen molar-refractivity contribution in [2.24, 2.45) is 5.92 Å². The van der Waals surface area contributed by atoms with E-state index < -0.39 is 10.0 Å². The minimum absolute atomic E-state index is 0.0606. The highest BCUT2D eigenvalue weighted by molar-refractivity contribution is 7.88. The highest BCUT2D eigenvalue weighted by atomic mass is 32.2. The molecule has 6 nitrogen and oxygen atoms in total. The number of hydrogen-bond donors (Lipinski definition) is 1. The van der Waals surface area contributed by atoms with E-state index in [2.05, 4.69) is 10.3 Å². The van der Waals surface area contributed by atoms with E-state index in [1.54, 1.807) is 6.20 Å². The first-order valence-electron chi connectivity index (χ1n) is 7.55. The molecule has 1 amide bonds. The zero-order valence-electron chi connectivity index (χ0n) is 12.9. The van der Waals surface area contributed by atoms with Crippen LogP contribution in [0.2, 0.25) is 0 Å². The molecule has 0 aliphatic carbocycles. The first-order valence-corrected chi connectivity index (χ1v) is 9.40. The van der Waals surface area contributed by atoms with Crippen molar-refractivity contribution in [3.63, 3.8) is 0 Å². The number of fused-ring (bicyclic) bond motifs is 1. The Kier molecular flexibility index (Phi) is 4.32. The summed E-state index contributed by atoms with van der Waals surface area (Å²) in [6.45, 7) is 0.794. The number of carbonyl (C=O) groups is 1. The average Bonchev–Trinajstić information content (AvgIpc) is 2.54. The van der Waals surface area contributed by atoms with Crippen LogP contribution in [0.5, 0.6) is 0 Å². The van der Waals surface area contributed by atoms with Crippen LogP contribution in [0.1, 0.15) is 12.8 Å². The quantitative estimate of drug-likeness (QED) is 0.929. The molecule has 3 rings (SSSR count). The predicted molar refractivity (Wildman–Crippen MR) is 89.5 cm³/mol. The summed E-state index contributed by atoms with van der Waals surface area (Å²) < 4.78 is 24.5. The number of carbonyl (C=O) groups excluding carboxylic acids is 1. The smallest absolute Gasteiger partial charge is 0.227 e. The van der Waals surface area contributed by atoms with Crippen molar-refractivity contribution in [3.8, 4) is 0 Å². The monoisotopic (exact) mass is 333 g/mol. The molecule has 122 valence electrons. The number of nitrogens with zero attached hydrogens (tertiary/aromatic N) is 2. The fourth-order valence-electron chi connectivity index (χ4n) is 2.90. The maximum absolute atomic E-state index is 12.5. The van der Waals surface area contributed by atoms with Crippen LogP contribution in [0, 0.1) is 5.92 Å². The van der Waals surface area contributed by atoms with Crippen LogP contribution < -0.4 is 5.32 Å². The van der Waals surface area contributed by atoms with Gasteiger partial charge in [-0.15, -0.1) is 0 Å². The fraction of sp³-hybridized carbons (Fsp3) is 0.375. The van der Waals surface area contributed by atoms with Gasteiger partial charge in [-0.2, -0.15) is 0 Å². The summed E-state index contributed by atoms with van der Waals surface area (Å²) in [5, 5.41) is 3.86. The second-order valence-electron chi connectivity index (χ2n) is 5.80. The fourth-order valence-corrected chi connectivity index (χ4v) is 3.77. The van der Waals surface area contributed by atoms with Crippen LogP contribution in [0.3, 0.4) is 0 Å². The summed E-state index contributed by atoms with van der Waals surface area (Å²) in [6, 6.07) is 9.37. The summed E-state index contributed by atoms with van der Waals surface area (Å²) >= 11 is 0. The lowest BCUT2D eigenvalue weighted by Gasteiger charge is -2.29. The van der Waals surface area contributed by atoms with E-state index in [-0.39, 0.29) is 11.8 Å². The molecule has 2 aromatic rings. The molecule has 1 N–H and O–H groups in total. The Hall–Kier alpha value is -1.99. The summed E-state index contributed by atoms with van der Waals surface area (Å²) in [5.41, 5.74) is 1.57. The number of rotatable bonds is 3. The van der Waals surface area contributed by atoms with Gasteiger partial charge in [-0.1, -0.05) is 6.07 Å². The van der Waals surface area contributed by atoms with Crippen molar-refractivity contribution < 1.29 is 13.2 Å². The van der Waals surface area contributed by atoms with Crippen molar-refractivity contribution >= 4 is 32.5 Å². The van der Waals surface area contributed by atoms with Crippen LogP contribution in [0.15, 0.2) is 36.5 Å². The predicted octanol–water partition coefficient (Wildman–Crippen LogP) is 1.84. The standard InChI is InChI=1S/C16H19N3O3S/c1-23(21,22)19-10-7-12(8-11-19)16(20)18-15-6-2-5-14-13(15)4-3-9-17-14/h2-6,9,12H,7-8,10-11H2,1H3,(H,18,20). The molecule has 1 saturated heterocycles. The van der Waals surface area contributed by atoms with Crippen LogP contribution in [-0.2, 0) is 14.8 Å². The number of nitrogens with one attached hydrogen (secondary N) is 1. The van der Waals surface area contributed by atoms with E-state index in [0.717, 1.165) is 16.6 Å². The Bertz CT molecular complexity index is 822. The maximum Gasteiger partial charge on any atom is 0.227 e. The lowest BCUT2D eigenvalue weighted by atomic mass is 9.97. The third-order valence-corrected chi connectivity index (χ3v) is 5.50. The van der Waals surface area contributed by atoms with E-state index >= 15 is 0 Å². The summed E-state index contributed by atoms with van der Waals surface area (Å²) in [5.74, 6) is -0.227. The number of piperidine rings is 1. The number of aromatic nitrogens is 1. The van der Waals surface area contributed by atoms with Crippen LogP contribution in [0.4, 0.5) is 5.69 Å². The molecule has 2 heterocycles. The lowest BCUT2D eigenvalue weighted by Crippen LogP contribution is -2.40. The molecule has 0 atom stereocenters. The number of benzene rings is 1. The van der Waals surface area contributed by atoms with Crippen molar-refractivity contribution in [2.75, 3.05) is 24.7 Å². The maximum atomic E-state index is 12.5. The first kappa shape index (κ1) is 15.9. The SMILES string of the molecule is CS(=O)(=O)N1CCC(C(=O)Nc2cccc3ncccc23)CC1. The zero-order valence-corrected chi connectivity index (χ0v) is 13.7. The highest BCUT2D eigenvalue weighted by Gasteiger charge is 2.29. The van der Waals surface area contributed by atoms with Crippen LogP contribution in [0.25, 0.3) is 10.9 Å². The lowest BCUT2D eigenvalue weighted by molar-refractivity contribution is -0.120. The number of sulfonamides is 1. The second kappa shape index (κ2) is 6.25. The van der Waals surface area contributed by atoms with Gasteiger partial charge in [-0.25, -0.2) is 12.7 Å². The Morgan fingerprint density at radius 1 is 1.22 bits per heavy atom. The van der Waals surface area contributed by atoms with Gasteiger partial charge in [0.1, 0.15) is 0 Å². The van der Waals surface area contributed by atoms with Crippen molar-refractivity contribution in [2.45, 2.75) is 12.8 Å². The topological polar surface area (TPSA) is 79.4 Å². The van der Waals surface area contributed by atoms with E-state index in [1.165, 1.54) is 10.6 Å². The van der Waals surface area contributed by atoms with Gasteiger partial charge in [0.2, 0.25) is 15.9 Å². The Morgan fingerprint density at radius 2 is 1.96 bits per heavy atom. The Morgan fingerprint density at radius 3 is 2.65 bits per heavy atom. The van der Waals surface area contributed by atoms with Gasteiger partial charge >= 0.3 is 0 Å². The van der Waals surface area contributed by atoms with Crippen molar-refractivity contribution in [1.29, 1.82) is 0 Å². The van der Waals surface area contributed by atoms with Crippen LogP contribution >= 0.6 is 0 Å². The molecule has 1 fully saturated rings. The molecule has 0 radical (unpaired) electrons. The van der Waals surface area contributed by atoms with Gasteiger partial charge in [0.05, 0.1) is 17.5 Å². The molecule has 0 spiro atoms. The second-order valence-corrected chi connectivity index (χ2v) is 7.78. The molecular formula is C16H19N3O3S. The van der Waals surface area contributed by atoms with Crippen LogP contribution in [-0.4, -0.2) is 43.0 Å². The Labute approximate surface area is 135 Å². The van der Waals surface area contributed by atoms with Gasteiger partial charge in [0.15, 0.2) is 0 Å². The molecular weight excluding hydrogens is 314 g/mol. The Balaban J connectivity index is 1.70. The zero-order chi connectivity index (χ0) is 16.4.